The van der Waals surface area contributed by atoms with Gasteiger partial charge in [0.25, 0.3) is 0 Å². The zero-order chi connectivity index (χ0) is 9.90. The Bertz CT molecular complexity index is 191. The molecule has 0 aromatic heterocycles. The Labute approximate surface area is 78.6 Å². The fourth-order valence-corrected chi connectivity index (χ4v) is 1.44. The lowest BCUT2D eigenvalue weighted by atomic mass is 9.97. The van der Waals surface area contributed by atoms with E-state index in [-0.39, 0.29) is 12.0 Å². The highest BCUT2D eigenvalue weighted by molar-refractivity contribution is 5.77. The van der Waals surface area contributed by atoms with Crippen LogP contribution in [0.15, 0.2) is 0 Å². The van der Waals surface area contributed by atoms with Crippen LogP contribution in [0, 0.1) is 0 Å². The fraction of sp³-hybridized carbons (Fsp3) is 0.889. The number of carbonyl (C=O) groups is 1. The SMILES string of the molecule is CCOC(=O)C1NCCOC1(C)C. The first-order chi connectivity index (χ1) is 6.08. The lowest BCUT2D eigenvalue weighted by molar-refractivity contribution is -0.159. The van der Waals surface area contributed by atoms with Crippen LogP contribution in [0.2, 0.25) is 0 Å². The monoisotopic (exact) mass is 187 g/mol. The molecule has 0 aromatic carbocycles. The van der Waals surface area contributed by atoms with E-state index in [0.29, 0.717) is 19.8 Å². The highest BCUT2D eigenvalue weighted by Gasteiger charge is 2.39. The Morgan fingerprint density at radius 1 is 1.69 bits per heavy atom. The molecule has 0 saturated carbocycles. The minimum atomic E-state index is -0.468. The van der Waals surface area contributed by atoms with Crippen molar-refractivity contribution in [2.45, 2.75) is 32.4 Å². The third-order valence-corrected chi connectivity index (χ3v) is 2.14. The first-order valence-corrected chi connectivity index (χ1v) is 4.62. The molecule has 1 heterocycles. The molecule has 1 N–H and O–H groups in total. The summed E-state index contributed by atoms with van der Waals surface area (Å²) < 4.78 is 10.4. The van der Waals surface area contributed by atoms with Crippen LogP contribution in [-0.2, 0) is 14.3 Å². The van der Waals surface area contributed by atoms with E-state index < -0.39 is 5.60 Å². The third-order valence-electron chi connectivity index (χ3n) is 2.14. The van der Waals surface area contributed by atoms with Crippen molar-refractivity contribution >= 4 is 5.97 Å². The molecule has 0 aliphatic carbocycles. The maximum absolute atomic E-state index is 11.4. The van der Waals surface area contributed by atoms with E-state index >= 15 is 0 Å². The number of rotatable bonds is 2. The molecule has 76 valence electrons. The maximum atomic E-state index is 11.4. The van der Waals surface area contributed by atoms with Crippen molar-refractivity contribution in [3.05, 3.63) is 0 Å². The molecule has 1 atom stereocenters. The van der Waals surface area contributed by atoms with Gasteiger partial charge < -0.3 is 9.47 Å². The predicted octanol–water partition coefficient (Wildman–Crippen LogP) is 0.316. The van der Waals surface area contributed by atoms with Crippen LogP contribution < -0.4 is 5.32 Å². The molecule has 0 aromatic rings. The number of carbonyl (C=O) groups excluding carboxylic acids is 1. The number of nitrogens with one attached hydrogen (secondary N) is 1. The zero-order valence-electron chi connectivity index (χ0n) is 8.42. The standard InChI is InChI=1S/C9H17NO3/c1-4-12-8(11)7-9(2,3)13-6-5-10-7/h7,10H,4-6H2,1-3H3. The van der Waals surface area contributed by atoms with Crippen molar-refractivity contribution in [2.24, 2.45) is 0 Å². The highest BCUT2D eigenvalue weighted by Crippen LogP contribution is 2.18. The van der Waals surface area contributed by atoms with Gasteiger partial charge >= 0.3 is 5.97 Å². The van der Waals surface area contributed by atoms with Crippen molar-refractivity contribution in [3.8, 4) is 0 Å². The average Bonchev–Trinajstić information content (AvgIpc) is 2.03. The molecule has 0 spiro atoms. The maximum Gasteiger partial charge on any atom is 0.326 e. The normalized spacial score (nSPS) is 26.8. The Balaban J connectivity index is 2.59. The minimum absolute atomic E-state index is 0.229. The molecule has 4 heteroatoms. The number of esters is 1. The fourth-order valence-electron chi connectivity index (χ4n) is 1.44. The van der Waals surface area contributed by atoms with Crippen molar-refractivity contribution < 1.29 is 14.3 Å². The topological polar surface area (TPSA) is 47.6 Å². The summed E-state index contributed by atoms with van der Waals surface area (Å²) in [5.74, 6) is -0.229. The van der Waals surface area contributed by atoms with Gasteiger partial charge in [-0.3, -0.25) is 10.1 Å². The molecule has 13 heavy (non-hydrogen) atoms. The molecule has 1 saturated heterocycles. The molecule has 1 aliphatic heterocycles. The summed E-state index contributed by atoms with van der Waals surface area (Å²) in [4.78, 5) is 11.4. The molecular weight excluding hydrogens is 170 g/mol. The molecule has 1 unspecified atom stereocenters. The van der Waals surface area contributed by atoms with Crippen LogP contribution in [0.5, 0.6) is 0 Å². The van der Waals surface area contributed by atoms with Crippen LogP contribution >= 0.6 is 0 Å². The molecule has 1 fully saturated rings. The second-order valence-corrected chi connectivity index (χ2v) is 3.59. The van der Waals surface area contributed by atoms with Gasteiger partial charge in [0, 0.05) is 6.54 Å². The first-order valence-electron chi connectivity index (χ1n) is 4.62. The quantitative estimate of drug-likeness (QED) is 0.632. The van der Waals surface area contributed by atoms with Crippen molar-refractivity contribution in [1.82, 2.24) is 5.32 Å². The number of hydrogen-bond acceptors (Lipinski definition) is 4. The molecule has 0 bridgehead atoms. The third kappa shape index (κ3) is 2.42. The molecule has 4 nitrogen and oxygen atoms in total. The molecular formula is C9H17NO3. The van der Waals surface area contributed by atoms with Crippen LogP contribution in [0.4, 0.5) is 0 Å². The van der Waals surface area contributed by atoms with Crippen LogP contribution in [0.25, 0.3) is 0 Å². The van der Waals surface area contributed by atoms with Gasteiger partial charge in [-0.25, -0.2) is 0 Å². The van der Waals surface area contributed by atoms with Crippen LogP contribution in [-0.4, -0.2) is 37.4 Å². The minimum Gasteiger partial charge on any atom is -0.465 e. The average molecular weight is 187 g/mol. The van der Waals surface area contributed by atoms with E-state index in [9.17, 15) is 4.79 Å². The summed E-state index contributed by atoms with van der Waals surface area (Å²) in [5.41, 5.74) is -0.468. The number of ether oxygens (including phenoxy) is 2. The summed E-state index contributed by atoms with van der Waals surface area (Å²) in [6, 6.07) is -0.346. The van der Waals surface area contributed by atoms with E-state index in [1.807, 2.05) is 13.8 Å². The highest BCUT2D eigenvalue weighted by atomic mass is 16.5. The second-order valence-electron chi connectivity index (χ2n) is 3.59. The van der Waals surface area contributed by atoms with Gasteiger partial charge in [-0.1, -0.05) is 0 Å². The van der Waals surface area contributed by atoms with E-state index in [0.717, 1.165) is 0 Å². The summed E-state index contributed by atoms with van der Waals surface area (Å²) in [7, 11) is 0. The first kappa shape index (κ1) is 10.5. The molecule has 0 radical (unpaired) electrons. The van der Waals surface area contributed by atoms with Gasteiger partial charge in [0.1, 0.15) is 6.04 Å². The predicted molar refractivity (Wildman–Crippen MR) is 48.5 cm³/mol. The van der Waals surface area contributed by atoms with Gasteiger partial charge in [-0.05, 0) is 20.8 Å². The summed E-state index contributed by atoms with van der Waals surface area (Å²) in [6.45, 7) is 7.33. The summed E-state index contributed by atoms with van der Waals surface area (Å²) in [6.07, 6.45) is 0. The van der Waals surface area contributed by atoms with E-state index in [1.54, 1.807) is 6.92 Å². The van der Waals surface area contributed by atoms with Crippen molar-refractivity contribution in [3.63, 3.8) is 0 Å². The van der Waals surface area contributed by atoms with E-state index in [4.69, 9.17) is 9.47 Å². The van der Waals surface area contributed by atoms with Crippen molar-refractivity contribution in [1.29, 1.82) is 0 Å². The zero-order valence-corrected chi connectivity index (χ0v) is 8.42. The number of morpholine rings is 1. The second kappa shape index (κ2) is 4.07. The Kier molecular flexibility index (Phi) is 3.27. The molecule has 0 amide bonds. The molecule has 1 aliphatic rings. The van der Waals surface area contributed by atoms with Gasteiger partial charge in [0.2, 0.25) is 0 Å². The smallest absolute Gasteiger partial charge is 0.326 e. The van der Waals surface area contributed by atoms with E-state index in [2.05, 4.69) is 5.32 Å². The number of hydrogen-bond donors (Lipinski definition) is 1. The Hall–Kier alpha value is -0.610. The van der Waals surface area contributed by atoms with Crippen LogP contribution in [0.3, 0.4) is 0 Å². The Morgan fingerprint density at radius 2 is 2.38 bits per heavy atom. The largest absolute Gasteiger partial charge is 0.465 e. The van der Waals surface area contributed by atoms with Crippen molar-refractivity contribution in [2.75, 3.05) is 19.8 Å². The van der Waals surface area contributed by atoms with Crippen LogP contribution in [0.1, 0.15) is 20.8 Å². The van der Waals surface area contributed by atoms with Gasteiger partial charge in [0.15, 0.2) is 0 Å². The van der Waals surface area contributed by atoms with Gasteiger partial charge in [-0.2, -0.15) is 0 Å². The lowest BCUT2D eigenvalue weighted by Crippen LogP contribution is -2.59. The van der Waals surface area contributed by atoms with E-state index in [1.165, 1.54) is 0 Å². The Morgan fingerprint density at radius 3 is 2.92 bits per heavy atom. The van der Waals surface area contributed by atoms with Gasteiger partial charge in [-0.15, -0.1) is 0 Å². The summed E-state index contributed by atoms with van der Waals surface area (Å²) in [5, 5.41) is 3.09. The summed E-state index contributed by atoms with van der Waals surface area (Å²) >= 11 is 0. The molecule has 1 rings (SSSR count). The lowest BCUT2D eigenvalue weighted by Gasteiger charge is -2.37. The van der Waals surface area contributed by atoms with Gasteiger partial charge in [0.05, 0.1) is 18.8 Å².